The number of aliphatic hydroxyl groups excluding tert-OH is 1. The molecule has 3 nitrogen and oxygen atoms in total. The maximum Gasteiger partial charge on any atom is 0.337 e. The van der Waals surface area contributed by atoms with Gasteiger partial charge in [-0.25, -0.2) is 9.18 Å². The number of rotatable bonds is 5. The molecule has 0 aromatic heterocycles. The molecule has 0 radical (unpaired) electrons. The molecule has 0 aliphatic heterocycles. The third kappa shape index (κ3) is 2.93. The first-order valence-electron chi connectivity index (χ1n) is 4.82. The molecule has 0 bridgehead atoms. The summed E-state index contributed by atoms with van der Waals surface area (Å²) in [6.07, 6.45) is -0.780. The van der Waals surface area contributed by atoms with E-state index in [0.717, 1.165) is 6.07 Å². The number of hydrogen-bond acceptors (Lipinski definition) is 2. The summed E-state index contributed by atoms with van der Waals surface area (Å²) in [6, 6.07) is 4.21. The third-order valence-corrected chi connectivity index (χ3v) is 2.50. The first-order chi connectivity index (χ1) is 7.57. The van der Waals surface area contributed by atoms with Crippen LogP contribution in [0.15, 0.2) is 18.2 Å². The van der Waals surface area contributed by atoms with E-state index in [1.165, 1.54) is 6.07 Å². The van der Waals surface area contributed by atoms with E-state index < -0.39 is 17.9 Å². The van der Waals surface area contributed by atoms with Gasteiger partial charge in [0.05, 0.1) is 0 Å². The highest BCUT2D eigenvalue weighted by Crippen LogP contribution is 2.23. The number of halogens is 2. The van der Waals surface area contributed by atoms with E-state index in [1.807, 2.05) is 0 Å². The molecule has 5 heteroatoms. The molecule has 0 spiro atoms. The van der Waals surface area contributed by atoms with Crippen molar-refractivity contribution >= 4 is 17.6 Å². The van der Waals surface area contributed by atoms with Crippen LogP contribution in [0.4, 0.5) is 4.39 Å². The first kappa shape index (κ1) is 12.9. The predicted octanol–water partition coefficient (Wildman–Crippen LogP) is 2.12. The van der Waals surface area contributed by atoms with Gasteiger partial charge in [0.25, 0.3) is 0 Å². The van der Waals surface area contributed by atoms with Crippen molar-refractivity contribution in [1.82, 2.24) is 0 Å². The molecule has 88 valence electrons. The number of alkyl halides is 1. The van der Waals surface area contributed by atoms with Crippen molar-refractivity contribution in [3.05, 3.63) is 35.1 Å². The van der Waals surface area contributed by atoms with Crippen LogP contribution in [0, 0.1) is 5.82 Å². The molecule has 1 aromatic carbocycles. The van der Waals surface area contributed by atoms with Crippen molar-refractivity contribution < 1.29 is 19.4 Å². The van der Waals surface area contributed by atoms with Gasteiger partial charge >= 0.3 is 5.97 Å². The lowest BCUT2D eigenvalue weighted by Crippen LogP contribution is -2.14. The number of carbonyl (C=O) groups is 1. The van der Waals surface area contributed by atoms with Crippen LogP contribution in [0.3, 0.4) is 0 Å². The topological polar surface area (TPSA) is 57.5 Å². The molecule has 1 unspecified atom stereocenters. The van der Waals surface area contributed by atoms with E-state index >= 15 is 0 Å². The zero-order valence-electron chi connectivity index (χ0n) is 8.49. The van der Waals surface area contributed by atoms with E-state index in [2.05, 4.69) is 0 Å². The van der Waals surface area contributed by atoms with Crippen LogP contribution in [0.2, 0.25) is 0 Å². The number of carboxylic acids is 1. The van der Waals surface area contributed by atoms with E-state index in [9.17, 15) is 14.3 Å². The SMILES string of the molecule is O=C(O)C(O)c1c(F)cccc1CCCCl. The van der Waals surface area contributed by atoms with E-state index in [4.69, 9.17) is 16.7 Å². The molecular weight excluding hydrogens is 235 g/mol. The monoisotopic (exact) mass is 246 g/mol. The minimum Gasteiger partial charge on any atom is -0.479 e. The van der Waals surface area contributed by atoms with Crippen LogP contribution in [-0.4, -0.2) is 22.1 Å². The second kappa shape index (κ2) is 5.82. The summed E-state index contributed by atoms with van der Waals surface area (Å²) in [5, 5.41) is 18.1. The lowest BCUT2D eigenvalue weighted by molar-refractivity contribution is -0.147. The molecule has 0 saturated heterocycles. The number of benzene rings is 1. The van der Waals surface area contributed by atoms with Crippen LogP contribution in [-0.2, 0) is 11.2 Å². The van der Waals surface area contributed by atoms with Gasteiger partial charge in [-0.1, -0.05) is 12.1 Å². The summed E-state index contributed by atoms with van der Waals surface area (Å²) in [5.74, 6) is -1.77. The van der Waals surface area contributed by atoms with Crippen molar-refractivity contribution in [2.75, 3.05) is 5.88 Å². The highest BCUT2D eigenvalue weighted by atomic mass is 35.5. The quantitative estimate of drug-likeness (QED) is 0.783. The minimum absolute atomic E-state index is 0.167. The summed E-state index contributed by atoms with van der Waals surface area (Å²) in [4.78, 5) is 10.6. The molecular formula is C11H12ClFO3. The molecule has 0 aliphatic rings. The van der Waals surface area contributed by atoms with Gasteiger partial charge in [0, 0.05) is 11.4 Å². The Kier molecular flexibility index (Phi) is 4.71. The second-order valence-corrected chi connectivity index (χ2v) is 3.72. The Bertz CT molecular complexity index is 381. The van der Waals surface area contributed by atoms with Gasteiger partial charge in [-0.15, -0.1) is 11.6 Å². The summed E-state index contributed by atoms with van der Waals surface area (Å²) < 4.78 is 13.4. The standard InChI is InChI=1S/C11H12ClFO3/c12-6-2-4-7-3-1-5-8(13)9(7)10(14)11(15)16/h1,3,5,10,14H,2,4,6H2,(H,15,16). The van der Waals surface area contributed by atoms with Crippen LogP contribution in [0.5, 0.6) is 0 Å². The predicted molar refractivity (Wildman–Crippen MR) is 58.0 cm³/mol. The Hall–Kier alpha value is -1.13. The molecule has 0 aliphatic carbocycles. The molecule has 1 aromatic rings. The molecule has 0 heterocycles. The minimum atomic E-state index is -1.83. The van der Waals surface area contributed by atoms with Crippen molar-refractivity contribution in [1.29, 1.82) is 0 Å². The number of aliphatic carboxylic acids is 1. The van der Waals surface area contributed by atoms with Gasteiger partial charge in [0.1, 0.15) is 5.82 Å². The van der Waals surface area contributed by atoms with Crippen LogP contribution < -0.4 is 0 Å². The Balaban J connectivity index is 3.07. The van der Waals surface area contributed by atoms with Gasteiger partial charge in [-0.05, 0) is 24.5 Å². The average Bonchev–Trinajstić information content (AvgIpc) is 2.25. The zero-order valence-corrected chi connectivity index (χ0v) is 9.25. The molecule has 2 N–H and O–H groups in total. The fourth-order valence-electron chi connectivity index (χ4n) is 1.49. The van der Waals surface area contributed by atoms with Crippen molar-refractivity contribution in [3.63, 3.8) is 0 Å². The summed E-state index contributed by atoms with van der Waals surface area (Å²) in [5.41, 5.74) is 0.315. The third-order valence-electron chi connectivity index (χ3n) is 2.23. The largest absolute Gasteiger partial charge is 0.479 e. The number of carboxylic acid groups (broad SMARTS) is 1. The average molecular weight is 247 g/mol. The Morgan fingerprint density at radius 3 is 2.75 bits per heavy atom. The molecule has 16 heavy (non-hydrogen) atoms. The van der Waals surface area contributed by atoms with Gasteiger partial charge in [0.2, 0.25) is 0 Å². The Morgan fingerprint density at radius 2 is 2.19 bits per heavy atom. The first-order valence-corrected chi connectivity index (χ1v) is 5.35. The molecule has 0 amide bonds. The van der Waals surface area contributed by atoms with Crippen molar-refractivity contribution in [2.24, 2.45) is 0 Å². The Morgan fingerprint density at radius 1 is 1.50 bits per heavy atom. The van der Waals surface area contributed by atoms with Gasteiger partial charge in [-0.2, -0.15) is 0 Å². The fourth-order valence-corrected chi connectivity index (χ4v) is 1.62. The summed E-state index contributed by atoms with van der Waals surface area (Å²) in [6.45, 7) is 0. The normalized spacial score (nSPS) is 12.4. The van der Waals surface area contributed by atoms with Crippen molar-refractivity contribution in [3.8, 4) is 0 Å². The summed E-state index contributed by atoms with van der Waals surface area (Å²) >= 11 is 5.51. The smallest absolute Gasteiger partial charge is 0.337 e. The maximum atomic E-state index is 13.4. The molecule has 0 saturated carbocycles. The van der Waals surface area contributed by atoms with Gasteiger partial charge < -0.3 is 10.2 Å². The van der Waals surface area contributed by atoms with Crippen LogP contribution >= 0.6 is 11.6 Å². The highest BCUT2D eigenvalue weighted by molar-refractivity contribution is 6.17. The second-order valence-electron chi connectivity index (χ2n) is 3.35. The Labute approximate surface area is 97.5 Å². The number of hydrogen-bond donors (Lipinski definition) is 2. The lowest BCUT2D eigenvalue weighted by atomic mass is 9.98. The summed E-state index contributed by atoms with van der Waals surface area (Å²) in [7, 11) is 0. The lowest BCUT2D eigenvalue weighted by Gasteiger charge is -2.12. The number of aliphatic hydroxyl groups is 1. The number of aryl methyl sites for hydroxylation is 1. The molecule has 1 atom stereocenters. The molecule has 1 rings (SSSR count). The fraction of sp³-hybridized carbons (Fsp3) is 0.364. The van der Waals surface area contributed by atoms with E-state index in [0.29, 0.717) is 24.3 Å². The van der Waals surface area contributed by atoms with E-state index in [-0.39, 0.29) is 5.56 Å². The van der Waals surface area contributed by atoms with Crippen LogP contribution in [0.1, 0.15) is 23.7 Å². The van der Waals surface area contributed by atoms with Gasteiger partial charge in [0.15, 0.2) is 6.10 Å². The molecule has 0 fully saturated rings. The van der Waals surface area contributed by atoms with Gasteiger partial charge in [-0.3, -0.25) is 0 Å². The van der Waals surface area contributed by atoms with E-state index in [1.54, 1.807) is 6.07 Å². The maximum absolute atomic E-state index is 13.4. The zero-order chi connectivity index (χ0) is 12.1. The highest BCUT2D eigenvalue weighted by Gasteiger charge is 2.22. The van der Waals surface area contributed by atoms with Crippen molar-refractivity contribution in [2.45, 2.75) is 18.9 Å². The van der Waals surface area contributed by atoms with Crippen LogP contribution in [0.25, 0.3) is 0 Å².